The number of allylic oxidation sites excluding steroid dienone is 2. The first-order valence-corrected chi connectivity index (χ1v) is 8.43. The lowest BCUT2D eigenvalue weighted by molar-refractivity contribution is -0.117. The van der Waals surface area contributed by atoms with Gasteiger partial charge < -0.3 is 16.5 Å². The van der Waals surface area contributed by atoms with Crippen molar-refractivity contribution in [3.63, 3.8) is 0 Å². The van der Waals surface area contributed by atoms with Crippen LogP contribution in [0.15, 0.2) is 71.8 Å². The molecular formula is C19H23N3OS. The van der Waals surface area contributed by atoms with Gasteiger partial charge in [-0.25, -0.2) is 0 Å². The number of rotatable bonds is 9. The molecule has 0 unspecified atom stereocenters. The molecule has 0 radical (unpaired) electrons. The molecule has 0 atom stereocenters. The normalized spacial score (nSPS) is 12.2. The Morgan fingerprint density at radius 3 is 2.71 bits per heavy atom. The van der Waals surface area contributed by atoms with Gasteiger partial charge in [0.1, 0.15) is 0 Å². The van der Waals surface area contributed by atoms with Gasteiger partial charge in [-0.3, -0.25) is 4.79 Å². The Hall–Kier alpha value is -2.53. The Balaban J connectivity index is 2.44. The number of thioether (sulfide) groups is 1. The van der Waals surface area contributed by atoms with Gasteiger partial charge in [0.05, 0.1) is 0 Å². The summed E-state index contributed by atoms with van der Waals surface area (Å²) in [7, 11) is 0. The first kappa shape index (κ1) is 19.5. The van der Waals surface area contributed by atoms with Gasteiger partial charge in [-0.1, -0.05) is 60.8 Å². The summed E-state index contributed by atoms with van der Waals surface area (Å²) in [6, 6.07) is 9.89. The highest BCUT2D eigenvalue weighted by Crippen LogP contribution is 2.26. The molecule has 1 amide bonds. The van der Waals surface area contributed by atoms with Crippen molar-refractivity contribution in [2.75, 3.05) is 6.54 Å². The van der Waals surface area contributed by atoms with E-state index in [1.54, 1.807) is 12.2 Å². The van der Waals surface area contributed by atoms with Gasteiger partial charge in [-0.15, -0.1) is 0 Å². The fraction of sp³-hybridized carbons (Fsp3) is 0.158. The van der Waals surface area contributed by atoms with Crippen LogP contribution in [0.4, 0.5) is 0 Å². The lowest BCUT2D eigenvalue weighted by atomic mass is 10.2. The number of hydrogen-bond acceptors (Lipinski definition) is 4. The van der Waals surface area contributed by atoms with Crippen LogP contribution in [0.3, 0.4) is 0 Å². The Kier molecular flexibility index (Phi) is 9.01. The minimum absolute atomic E-state index is 0.217. The Morgan fingerprint density at radius 2 is 2.08 bits per heavy atom. The summed E-state index contributed by atoms with van der Waals surface area (Å²) in [6.45, 7) is 6.29. The Labute approximate surface area is 147 Å². The maximum Gasteiger partial charge on any atom is 0.251 e. The molecule has 0 saturated heterocycles. The largest absolute Gasteiger partial charge is 0.402 e. The van der Waals surface area contributed by atoms with Crippen molar-refractivity contribution in [2.24, 2.45) is 5.73 Å². The third-order valence-corrected chi connectivity index (χ3v) is 3.96. The van der Waals surface area contributed by atoms with Crippen LogP contribution in [-0.2, 0) is 4.79 Å². The molecule has 126 valence electrons. The zero-order valence-corrected chi connectivity index (χ0v) is 14.6. The van der Waals surface area contributed by atoms with E-state index in [0.29, 0.717) is 24.2 Å². The van der Waals surface area contributed by atoms with E-state index >= 15 is 0 Å². The molecule has 4 nitrogen and oxygen atoms in total. The molecule has 0 aliphatic rings. The second-order valence-corrected chi connectivity index (χ2v) is 5.86. The van der Waals surface area contributed by atoms with Gasteiger partial charge in [0.25, 0.3) is 5.91 Å². The fourth-order valence-corrected chi connectivity index (χ4v) is 2.48. The topological polar surface area (TPSA) is 79.0 Å². The van der Waals surface area contributed by atoms with Gasteiger partial charge in [0, 0.05) is 35.4 Å². The lowest BCUT2D eigenvalue weighted by Gasteiger charge is -2.07. The molecule has 5 heteroatoms. The van der Waals surface area contributed by atoms with Crippen LogP contribution in [0.5, 0.6) is 0 Å². The summed E-state index contributed by atoms with van der Waals surface area (Å²) in [4.78, 5) is 12.9. The molecule has 0 saturated carbocycles. The van der Waals surface area contributed by atoms with E-state index in [9.17, 15) is 4.79 Å². The van der Waals surface area contributed by atoms with Gasteiger partial charge in [-0.2, -0.15) is 0 Å². The van der Waals surface area contributed by atoms with E-state index in [0.717, 1.165) is 16.7 Å². The van der Waals surface area contributed by atoms with Crippen LogP contribution in [0.25, 0.3) is 4.91 Å². The Morgan fingerprint density at radius 1 is 1.38 bits per heavy atom. The maximum atomic E-state index is 11.9. The third kappa shape index (κ3) is 7.15. The van der Waals surface area contributed by atoms with Crippen molar-refractivity contribution in [1.29, 1.82) is 5.41 Å². The van der Waals surface area contributed by atoms with Crippen molar-refractivity contribution in [2.45, 2.75) is 13.3 Å². The summed E-state index contributed by atoms with van der Waals surface area (Å²) < 4.78 is 0. The van der Waals surface area contributed by atoms with Crippen LogP contribution < -0.4 is 11.1 Å². The Bertz CT molecular complexity index is 660. The first-order valence-electron chi connectivity index (χ1n) is 7.55. The second-order valence-electron chi connectivity index (χ2n) is 4.89. The third-order valence-electron chi connectivity index (χ3n) is 3.02. The molecule has 0 aliphatic heterocycles. The molecule has 1 aromatic rings. The molecule has 0 aromatic heterocycles. The monoisotopic (exact) mass is 341 g/mol. The smallest absolute Gasteiger partial charge is 0.251 e. The first-order chi connectivity index (χ1) is 11.6. The summed E-state index contributed by atoms with van der Waals surface area (Å²) in [5.41, 5.74) is 8.15. The number of hydrogen-bond donors (Lipinski definition) is 3. The van der Waals surface area contributed by atoms with Gasteiger partial charge in [0.2, 0.25) is 0 Å². The number of amides is 1. The summed E-state index contributed by atoms with van der Waals surface area (Å²) >= 11 is 1.47. The summed E-state index contributed by atoms with van der Waals surface area (Å²) in [6.07, 6.45) is 6.52. The number of benzene rings is 1. The molecule has 1 aromatic carbocycles. The van der Waals surface area contributed by atoms with Gasteiger partial charge >= 0.3 is 0 Å². The molecule has 4 N–H and O–H groups in total. The number of nitrogens with one attached hydrogen (secondary N) is 2. The molecule has 24 heavy (non-hydrogen) atoms. The zero-order chi connectivity index (χ0) is 17.8. The van der Waals surface area contributed by atoms with Crippen molar-refractivity contribution < 1.29 is 4.79 Å². The standard InChI is InChI=1S/C19H23N3OS/c1-3-7-17(10-12-20)19(23)22-13-11-18(21)14-24-15(2)16-8-5-4-6-9-16/h3-10,12,14,20H,2,11,13,21H2,1H3,(H,22,23)/b7-3-,17-10+,18-14-,20-12?. The lowest BCUT2D eigenvalue weighted by Crippen LogP contribution is -2.26. The van der Waals surface area contributed by atoms with Crippen molar-refractivity contribution in [1.82, 2.24) is 5.32 Å². The van der Waals surface area contributed by atoms with E-state index < -0.39 is 0 Å². The van der Waals surface area contributed by atoms with E-state index in [-0.39, 0.29) is 5.91 Å². The van der Waals surface area contributed by atoms with Crippen LogP contribution >= 0.6 is 11.8 Å². The number of nitrogens with two attached hydrogens (primary N) is 1. The van der Waals surface area contributed by atoms with Crippen LogP contribution in [0, 0.1) is 5.41 Å². The van der Waals surface area contributed by atoms with Crippen LogP contribution in [-0.4, -0.2) is 18.7 Å². The SMILES string of the molecule is C=C(S/C=C(\N)CCNC(=O)C(/C=C\C)=C/C=N)c1ccccc1. The van der Waals surface area contributed by atoms with Crippen LogP contribution in [0.2, 0.25) is 0 Å². The highest BCUT2D eigenvalue weighted by Gasteiger charge is 2.05. The molecule has 0 fully saturated rings. The fourth-order valence-electron chi connectivity index (χ4n) is 1.80. The van der Waals surface area contributed by atoms with Gasteiger partial charge in [0.15, 0.2) is 0 Å². The van der Waals surface area contributed by atoms with Gasteiger partial charge in [-0.05, 0) is 24.0 Å². The molecular weight excluding hydrogens is 318 g/mol. The molecule has 0 aliphatic carbocycles. The van der Waals surface area contributed by atoms with E-state index in [1.165, 1.54) is 17.8 Å². The highest BCUT2D eigenvalue weighted by atomic mass is 32.2. The zero-order valence-electron chi connectivity index (χ0n) is 13.8. The maximum absolute atomic E-state index is 11.9. The van der Waals surface area contributed by atoms with Crippen molar-refractivity contribution >= 4 is 28.8 Å². The summed E-state index contributed by atoms with van der Waals surface area (Å²) in [5, 5.41) is 11.7. The average Bonchev–Trinajstić information content (AvgIpc) is 2.60. The molecule has 1 rings (SSSR count). The van der Waals surface area contributed by atoms with E-state index in [1.807, 2.05) is 42.7 Å². The van der Waals surface area contributed by atoms with Crippen molar-refractivity contribution in [3.8, 4) is 0 Å². The minimum atomic E-state index is -0.217. The molecule has 0 bridgehead atoms. The number of carbonyl (C=O) groups excluding carboxylic acids is 1. The van der Waals surface area contributed by atoms with Crippen molar-refractivity contribution in [3.05, 3.63) is 77.4 Å². The second kappa shape index (κ2) is 11.1. The minimum Gasteiger partial charge on any atom is -0.402 e. The van der Waals surface area contributed by atoms with Crippen LogP contribution in [0.1, 0.15) is 18.9 Å². The predicted octanol–water partition coefficient (Wildman–Crippen LogP) is 3.85. The number of carbonyl (C=O) groups is 1. The summed E-state index contributed by atoms with van der Waals surface area (Å²) in [5.74, 6) is -0.217. The average molecular weight is 341 g/mol. The predicted molar refractivity (Wildman–Crippen MR) is 105 cm³/mol. The molecule has 0 spiro atoms. The molecule has 0 heterocycles. The van der Waals surface area contributed by atoms with E-state index in [4.69, 9.17) is 11.1 Å². The quantitative estimate of drug-likeness (QED) is 0.363. The van der Waals surface area contributed by atoms with E-state index in [2.05, 4.69) is 11.9 Å². The highest BCUT2D eigenvalue weighted by molar-refractivity contribution is 8.10.